The van der Waals surface area contributed by atoms with Crippen LogP contribution >= 0.6 is 0 Å². The molecule has 0 spiro atoms. The maximum Gasteiger partial charge on any atom is 0.320 e. The number of nitro groups is 1. The van der Waals surface area contributed by atoms with Crippen molar-refractivity contribution in [3.63, 3.8) is 0 Å². The van der Waals surface area contributed by atoms with Gasteiger partial charge in [0.05, 0.1) is 11.0 Å². The summed E-state index contributed by atoms with van der Waals surface area (Å²) in [6.45, 7) is 8.26. The Morgan fingerprint density at radius 2 is 2.03 bits per heavy atom. The van der Waals surface area contributed by atoms with Crippen molar-refractivity contribution in [1.29, 1.82) is 0 Å². The Bertz CT molecular complexity index is 907. The van der Waals surface area contributed by atoms with E-state index in [0.717, 1.165) is 38.4 Å². The van der Waals surface area contributed by atoms with Gasteiger partial charge in [-0.2, -0.15) is 5.10 Å². The van der Waals surface area contributed by atoms with Gasteiger partial charge in [-0.3, -0.25) is 19.6 Å². The molecule has 3 rings (SSSR count). The largest absolute Gasteiger partial charge is 0.369 e. The first-order valence-corrected chi connectivity index (χ1v) is 9.55. The third-order valence-corrected chi connectivity index (χ3v) is 5.19. The van der Waals surface area contributed by atoms with Crippen molar-refractivity contribution in [2.75, 3.05) is 37.6 Å². The zero-order chi connectivity index (χ0) is 21.1. The van der Waals surface area contributed by atoms with Crippen LogP contribution in [0, 0.1) is 15.9 Å². The van der Waals surface area contributed by atoms with Gasteiger partial charge in [-0.1, -0.05) is 6.92 Å². The summed E-state index contributed by atoms with van der Waals surface area (Å²) in [6.07, 6.45) is 1.18. The van der Waals surface area contributed by atoms with Crippen molar-refractivity contribution in [3.05, 3.63) is 51.6 Å². The maximum absolute atomic E-state index is 14.0. The highest BCUT2D eigenvalue weighted by molar-refractivity contribution is 5.96. The molecule has 29 heavy (non-hydrogen) atoms. The Morgan fingerprint density at radius 1 is 1.34 bits per heavy atom. The van der Waals surface area contributed by atoms with Crippen molar-refractivity contribution >= 4 is 17.3 Å². The van der Waals surface area contributed by atoms with Crippen LogP contribution in [0.15, 0.2) is 24.4 Å². The van der Waals surface area contributed by atoms with Crippen LogP contribution in [0.4, 0.5) is 15.8 Å². The Labute approximate surface area is 168 Å². The Balaban J connectivity index is 1.82. The summed E-state index contributed by atoms with van der Waals surface area (Å²) in [6, 6.07) is 3.97. The summed E-state index contributed by atoms with van der Waals surface area (Å²) in [4.78, 5) is 27.6. The van der Waals surface area contributed by atoms with Crippen LogP contribution in [0.25, 0.3) is 0 Å². The van der Waals surface area contributed by atoms with E-state index < -0.39 is 22.7 Å². The Morgan fingerprint density at radius 3 is 2.66 bits per heavy atom. The van der Waals surface area contributed by atoms with E-state index in [0.29, 0.717) is 5.56 Å². The molecule has 1 aliphatic heterocycles. The molecule has 0 saturated carbocycles. The zero-order valence-electron chi connectivity index (χ0n) is 16.8. The van der Waals surface area contributed by atoms with Crippen molar-refractivity contribution < 1.29 is 14.1 Å². The molecule has 1 fully saturated rings. The fraction of sp³-hybridized carbons (Fsp3) is 0.474. The number of piperazine rings is 1. The minimum atomic E-state index is -0.671. The zero-order valence-corrected chi connectivity index (χ0v) is 16.8. The van der Waals surface area contributed by atoms with Gasteiger partial charge in [-0.05, 0) is 31.7 Å². The standard InChI is InChI=1S/C19H25FN6O3/c1-4-24-7-9-25(10-8-24)16-6-5-14(20)11-15(16)13(2)21-19(27)18-17(26(28)29)12-23(3)22-18/h5-6,11-13H,4,7-10H2,1-3H3,(H,21,27). The number of anilines is 1. The Kier molecular flexibility index (Phi) is 6.12. The minimum Gasteiger partial charge on any atom is -0.369 e. The lowest BCUT2D eigenvalue weighted by molar-refractivity contribution is -0.385. The lowest BCUT2D eigenvalue weighted by Crippen LogP contribution is -2.46. The monoisotopic (exact) mass is 404 g/mol. The number of likely N-dealkylation sites (N-methyl/N-ethyl adjacent to an activating group) is 1. The molecule has 10 heteroatoms. The molecule has 1 aromatic heterocycles. The number of benzene rings is 1. The molecule has 1 unspecified atom stereocenters. The number of nitrogens with one attached hydrogen (secondary N) is 1. The van der Waals surface area contributed by atoms with Gasteiger partial charge in [0.25, 0.3) is 5.91 Å². The van der Waals surface area contributed by atoms with Gasteiger partial charge < -0.3 is 15.1 Å². The van der Waals surface area contributed by atoms with E-state index in [-0.39, 0.29) is 11.4 Å². The molecule has 0 radical (unpaired) electrons. The van der Waals surface area contributed by atoms with Crippen LogP contribution in [0.5, 0.6) is 0 Å². The topological polar surface area (TPSA) is 96.5 Å². The van der Waals surface area contributed by atoms with Crippen molar-refractivity contribution in [1.82, 2.24) is 20.0 Å². The van der Waals surface area contributed by atoms with Gasteiger partial charge in [0.2, 0.25) is 5.69 Å². The van der Waals surface area contributed by atoms with Gasteiger partial charge in [0.1, 0.15) is 12.0 Å². The molecule has 0 bridgehead atoms. The third kappa shape index (κ3) is 4.53. The SMILES string of the molecule is CCN1CCN(c2ccc(F)cc2C(C)NC(=O)c2nn(C)cc2[N+](=O)[O-])CC1. The van der Waals surface area contributed by atoms with Gasteiger partial charge >= 0.3 is 5.69 Å². The Hall–Kier alpha value is -3.01. The fourth-order valence-electron chi connectivity index (χ4n) is 3.58. The molecule has 2 aromatic rings. The molecular formula is C19H25FN6O3. The second-order valence-corrected chi connectivity index (χ2v) is 7.11. The number of hydrogen-bond donors (Lipinski definition) is 1. The first-order valence-electron chi connectivity index (χ1n) is 9.55. The number of carbonyl (C=O) groups is 1. The molecule has 1 aliphatic rings. The lowest BCUT2D eigenvalue weighted by atomic mass is 10.0. The predicted octanol–water partition coefficient (Wildman–Crippen LogP) is 2.10. The van der Waals surface area contributed by atoms with Crippen LogP contribution in [0.3, 0.4) is 0 Å². The van der Waals surface area contributed by atoms with E-state index in [1.807, 2.05) is 0 Å². The van der Waals surface area contributed by atoms with E-state index in [4.69, 9.17) is 0 Å². The van der Waals surface area contributed by atoms with Gasteiger partial charge in [0.15, 0.2) is 0 Å². The van der Waals surface area contributed by atoms with Gasteiger partial charge in [-0.15, -0.1) is 0 Å². The number of amides is 1. The molecule has 1 atom stereocenters. The smallest absolute Gasteiger partial charge is 0.320 e. The molecule has 9 nitrogen and oxygen atoms in total. The first kappa shape index (κ1) is 20.7. The van der Waals surface area contributed by atoms with Crippen molar-refractivity contribution in [2.24, 2.45) is 7.05 Å². The van der Waals surface area contributed by atoms with Crippen LogP contribution < -0.4 is 10.2 Å². The molecule has 1 amide bonds. The molecular weight excluding hydrogens is 379 g/mol. The number of rotatable bonds is 6. The second kappa shape index (κ2) is 8.56. The van der Waals surface area contributed by atoms with Crippen LogP contribution in [-0.4, -0.2) is 58.2 Å². The number of aryl methyl sites for hydroxylation is 1. The lowest BCUT2D eigenvalue weighted by Gasteiger charge is -2.37. The average molecular weight is 404 g/mol. The molecule has 1 aromatic carbocycles. The van der Waals surface area contributed by atoms with Gasteiger partial charge in [0, 0.05) is 44.5 Å². The molecule has 1 N–H and O–H groups in total. The van der Waals surface area contributed by atoms with Crippen LogP contribution in [-0.2, 0) is 7.05 Å². The minimum absolute atomic E-state index is 0.265. The number of hydrogen-bond acceptors (Lipinski definition) is 6. The summed E-state index contributed by atoms with van der Waals surface area (Å²) in [5.41, 5.74) is 0.846. The summed E-state index contributed by atoms with van der Waals surface area (Å²) in [5.74, 6) is -1.07. The highest BCUT2D eigenvalue weighted by Gasteiger charge is 2.27. The highest BCUT2D eigenvalue weighted by Crippen LogP contribution is 2.29. The third-order valence-electron chi connectivity index (χ3n) is 5.19. The highest BCUT2D eigenvalue weighted by atomic mass is 19.1. The summed E-state index contributed by atoms with van der Waals surface area (Å²) in [5, 5.41) is 17.8. The van der Waals surface area contributed by atoms with Crippen molar-refractivity contribution in [3.8, 4) is 0 Å². The van der Waals surface area contributed by atoms with Crippen LogP contribution in [0.1, 0.15) is 35.9 Å². The van der Waals surface area contributed by atoms with E-state index in [1.165, 1.54) is 30.1 Å². The van der Waals surface area contributed by atoms with E-state index >= 15 is 0 Å². The molecule has 156 valence electrons. The fourth-order valence-corrected chi connectivity index (χ4v) is 3.58. The summed E-state index contributed by atoms with van der Waals surface area (Å²) < 4.78 is 15.2. The van der Waals surface area contributed by atoms with Crippen molar-refractivity contribution in [2.45, 2.75) is 19.9 Å². The normalized spacial score (nSPS) is 15.9. The predicted molar refractivity (Wildman–Crippen MR) is 106 cm³/mol. The summed E-state index contributed by atoms with van der Waals surface area (Å²) >= 11 is 0. The summed E-state index contributed by atoms with van der Waals surface area (Å²) in [7, 11) is 1.51. The number of halogens is 1. The van der Waals surface area contributed by atoms with Gasteiger partial charge in [-0.25, -0.2) is 4.39 Å². The molecule has 1 saturated heterocycles. The van der Waals surface area contributed by atoms with Crippen LogP contribution in [0.2, 0.25) is 0 Å². The first-order chi connectivity index (χ1) is 13.8. The number of carbonyl (C=O) groups excluding carboxylic acids is 1. The molecule has 0 aliphatic carbocycles. The van der Waals surface area contributed by atoms with E-state index in [2.05, 4.69) is 27.1 Å². The molecule has 2 heterocycles. The quantitative estimate of drug-likeness (QED) is 0.585. The maximum atomic E-state index is 14.0. The second-order valence-electron chi connectivity index (χ2n) is 7.11. The van der Waals surface area contributed by atoms with E-state index in [9.17, 15) is 19.3 Å². The number of nitrogens with zero attached hydrogens (tertiary/aromatic N) is 5. The average Bonchev–Trinajstić information content (AvgIpc) is 3.10. The van der Waals surface area contributed by atoms with E-state index in [1.54, 1.807) is 13.0 Å². The number of aromatic nitrogens is 2.